The Hall–Kier alpha value is -1.35. The van der Waals surface area contributed by atoms with Crippen LogP contribution >= 0.6 is 0 Å². The number of benzene rings is 1. The van der Waals surface area contributed by atoms with Gasteiger partial charge >= 0.3 is 0 Å². The van der Waals surface area contributed by atoms with Gasteiger partial charge in [0.05, 0.1) is 0 Å². The van der Waals surface area contributed by atoms with Crippen LogP contribution in [0, 0.1) is 5.92 Å². The number of nitrogens with zero attached hydrogens (tertiary/aromatic N) is 1. The Bertz CT molecular complexity index is 468. The minimum Gasteiger partial charge on any atom is -0.339 e. The molecule has 1 amide bonds. The van der Waals surface area contributed by atoms with Crippen LogP contribution in [-0.4, -0.2) is 36.5 Å². The molecule has 0 saturated carbocycles. The van der Waals surface area contributed by atoms with Crippen molar-refractivity contribution in [3.8, 4) is 0 Å². The maximum Gasteiger partial charge on any atom is 0.222 e. The van der Waals surface area contributed by atoms with Crippen molar-refractivity contribution >= 4 is 5.91 Å². The molecule has 22 heavy (non-hydrogen) atoms. The van der Waals surface area contributed by atoms with Gasteiger partial charge in [-0.3, -0.25) is 4.79 Å². The average molecular weight is 300 g/mol. The van der Waals surface area contributed by atoms with E-state index in [0.717, 1.165) is 57.7 Å². The lowest BCUT2D eigenvalue weighted by Gasteiger charge is -2.27. The van der Waals surface area contributed by atoms with Gasteiger partial charge in [0.2, 0.25) is 5.91 Å². The van der Waals surface area contributed by atoms with Crippen LogP contribution in [-0.2, 0) is 11.2 Å². The molecule has 0 aliphatic carbocycles. The summed E-state index contributed by atoms with van der Waals surface area (Å²) in [4.78, 5) is 14.8. The first-order valence-corrected chi connectivity index (χ1v) is 8.87. The number of hydrogen-bond acceptors (Lipinski definition) is 2. The minimum absolute atomic E-state index is 0.386. The predicted molar refractivity (Wildman–Crippen MR) is 89.7 cm³/mol. The standard InChI is InChI=1S/C19H28N2O/c22-19(9-8-16-10-12-20-13-11-16)21-14-4-7-18(21)15-17-5-2-1-3-6-17/h1-3,5-6,16,18,20H,4,7-15H2. The summed E-state index contributed by atoms with van der Waals surface area (Å²) in [7, 11) is 0. The van der Waals surface area contributed by atoms with Crippen LogP contribution in [0.3, 0.4) is 0 Å². The number of carbonyl (C=O) groups is 1. The van der Waals surface area contributed by atoms with E-state index in [0.29, 0.717) is 11.9 Å². The van der Waals surface area contributed by atoms with E-state index in [1.807, 2.05) is 0 Å². The second-order valence-corrected chi connectivity index (χ2v) is 6.80. The van der Waals surface area contributed by atoms with Crippen molar-refractivity contribution in [1.82, 2.24) is 10.2 Å². The number of carbonyl (C=O) groups excluding carboxylic acids is 1. The van der Waals surface area contributed by atoms with E-state index in [1.165, 1.54) is 18.4 Å². The normalized spacial score (nSPS) is 22.9. The quantitative estimate of drug-likeness (QED) is 0.906. The Morgan fingerprint density at radius 1 is 1.14 bits per heavy atom. The third-order valence-electron chi connectivity index (χ3n) is 5.24. The maximum atomic E-state index is 12.6. The van der Waals surface area contributed by atoms with E-state index in [-0.39, 0.29) is 0 Å². The van der Waals surface area contributed by atoms with Crippen molar-refractivity contribution in [3.05, 3.63) is 35.9 Å². The predicted octanol–water partition coefficient (Wildman–Crippen LogP) is 3.00. The summed E-state index contributed by atoms with van der Waals surface area (Å²) in [5, 5.41) is 3.40. The lowest BCUT2D eigenvalue weighted by Crippen LogP contribution is -2.37. The summed E-state index contributed by atoms with van der Waals surface area (Å²) in [5.41, 5.74) is 1.35. The number of piperidine rings is 1. The van der Waals surface area contributed by atoms with Gasteiger partial charge in [-0.2, -0.15) is 0 Å². The Morgan fingerprint density at radius 2 is 1.91 bits per heavy atom. The van der Waals surface area contributed by atoms with Crippen LogP contribution in [0.2, 0.25) is 0 Å². The lowest BCUT2D eigenvalue weighted by molar-refractivity contribution is -0.132. The van der Waals surface area contributed by atoms with Crippen molar-refractivity contribution in [3.63, 3.8) is 0 Å². The Morgan fingerprint density at radius 3 is 2.68 bits per heavy atom. The highest BCUT2D eigenvalue weighted by atomic mass is 16.2. The minimum atomic E-state index is 0.386. The number of nitrogens with one attached hydrogen (secondary N) is 1. The Kier molecular flexibility index (Phi) is 5.49. The molecule has 2 saturated heterocycles. The van der Waals surface area contributed by atoms with E-state index in [9.17, 15) is 4.79 Å². The van der Waals surface area contributed by atoms with Crippen molar-refractivity contribution in [2.75, 3.05) is 19.6 Å². The zero-order valence-corrected chi connectivity index (χ0v) is 13.5. The topological polar surface area (TPSA) is 32.3 Å². The van der Waals surface area contributed by atoms with Crippen molar-refractivity contribution in [2.24, 2.45) is 5.92 Å². The van der Waals surface area contributed by atoms with Crippen LogP contribution < -0.4 is 5.32 Å². The van der Waals surface area contributed by atoms with Crippen LogP contribution in [0.15, 0.2) is 30.3 Å². The number of rotatable bonds is 5. The van der Waals surface area contributed by atoms with E-state index in [1.54, 1.807) is 0 Å². The molecule has 0 bridgehead atoms. The monoisotopic (exact) mass is 300 g/mol. The molecule has 2 aliphatic heterocycles. The number of likely N-dealkylation sites (tertiary alicyclic amines) is 1. The van der Waals surface area contributed by atoms with Crippen molar-refractivity contribution < 1.29 is 4.79 Å². The third-order valence-corrected chi connectivity index (χ3v) is 5.24. The molecule has 0 aromatic heterocycles. The first-order valence-electron chi connectivity index (χ1n) is 8.87. The molecule has 1 aromatic carbocycles. The molecule has 1 unspecified atom stereocenters. The lowest BCUT2D eigenvalue weighted by atomic mass is 9.93. The molecule has 1 atom stereocenters. The molecule has 2 fully saturated rings. The first-order chi connectivity index (χ1) is 10.8. The van der Waals surface area contributed by atoms with E-state index in [4.69, 9.17) is 0 Å². The average Bonchev–Trinajstić information content (AvgIpc) is 3.03. The Balaban J connectivity index is 1.50. The van der Waals surface area contributed by atoms with Crippen LogP contribution in [0.25, 0.3) is 0 Å². The summed E-state index contributed by atoms with van der Waals surface area (Å²) in [6.45, 7) is 3.21. The van der Waals surface area contributed by atoms with Gasteiger partial charge in [0.1, 0.15) is 0 Å². The van der Waals surface area contributed by atoms with Gasteiger partial charge in [-0.05, 0) is 63.1 Å². The van der Waals surface area contributed by atoms with Gasteiger partial charge < -0.3 is 10.2 Å². The smallest absolute Gasteiger partial charge is 0.222 e. The molecule has 1 N–H and O–H groups in total. The van der Waals surface area contributed by atoms with Crippen LogP contribution in [0.5, 0.6) is 0 Å². The van der Waals surface area contributed by atoms with Crippen LogP contribution in [0.1, 0.15) is 44.1 Å². The molecule has 0 spiro atoms. The highest BCUT2D eigenvalue weighted by Crippen LogP contribution is 2.24. The summed E-state index contributed by atoms with van der Waals surface area (Å²) >= 11 is 0. The largest absolute Gasteiger partial charge is 0.339 e. The summed E-state index contributed by atoms with van der Waals surface area (Å²) in [6, 6.07) is 11.0. The third kappa shape index (κ3) is 4.10. The molecule has 0 radical (unpaired) electrons. The maximum absolute atomic E-state index is 12.6. The SMILES string of the molecule is O=C(CCC1CCNCC1)N1CCCC1Cc1ccccc1. The van der Waals surface area contributed by atoms with Gasteiger partial charge in [0.15, 0.2) is 0 Å². The molecule has 2 heterocycles. The molecule has 1 aromatic rings. The second-order valence-electron chi connectivity index (χ2n) is 6.80. The zero-order chi connectivity index (χ0) is 15.2. The molecule has 3 heteroatoms. The fraction of sp³-hybridized carbons (Fsp3) is 0.632. The van der Waals surface area contributed by atoms with Crippen LogP contribution in [0.4, 0.5) is 0 Å². The first kappa shape index (κ1) is 15.5. The fourth-order valence-corrected chi connectivity index (χ4v) is 3.90. The Labute approximate surface area is 134 Å². The summed E-state index contributed by atoms with van der Waals surface area (Å²) < 4.78 is 0. The summed E-state index contributed by atoms with van der Waals surface area (Å²) in [6.07, 6.45) is 7.64. The fourth-order valence-electron chi connectivity index (χ4n) is 3.90. The second kappa shape index (κ2) is 7.77. The van der Waals surface area contributed by atoms with Gasteiger partial charge in [0, 0.05) is 19.0 Å². The number of hydrogen-bond donors (Lipinski definition) is 1. The van der Waals surface area contributed by atoms with Gasteiger partial charge in [-0.25, -0.2) is 0 Å². The van der Waals surface area contributed by atoms with E-state index < -0.39 is 0 Å². The number of amides is 1. The van der Waals surface area contributed by atoms with E-state index >= 15 is 0 Å². The van der Waals surface area contributed by atoms with E-state index in [2.05, 4.69) is 40.5 Å². The zero-order valence-electron chi connectivity index (χ0n) is 13.5. The highest BCUT2D eigenvalue weighted by Gasteiger charge is 2.28. The van der Waals surface area contributed by atoms with Crippen molar-refractivity contribution in [1.29, 1.82) is 0 Å². The molecule has 2 aliphatic rings. The van der Waals surface area contributed by atoms with Gasteiger partial charge in [-0.1, -0.05) is 30.3 Å². The molecule has 120 valence electrons. The van der Waals surface area contributed by atoms with Gasteiger partial charge in [0.25, 0.3) is 0 Å². The highest BCUT2D eigenvalue weighted by molar-refractivity contribution is 5.76. The molecule has 3 nitrogen and oxygen atoms in total. The van der Waals surface area contributed by atoms with Crippen molar-refractivity contribution in [2.45, 2.75) is 51.0 Å². The molecular weight excluding hydrogens is 272 g/mol. The molecule has 3 rings (SSSR count). The van der Waals surface area contributed by atoms with Gasteiger partial charge in [-0.15, -0.1) is 0 Å². The summed E-state index contributed by atoms with van der Waals surface area (Å²) in [5.74, 6) is 1.14. The molecular formula is C19H28N2O.